The predicted molar refractivity (Wildman–Crippen MR) is 46.4 cm³/mol. The van der Waals surface area contributed by atoms with E-state index in [-0.39, 0.29) is 12.8 Å². The molecule has 0 aromatic heterocycles. The second kappa shape index (κ2) is 4.76. The Kier molecular flexibility index (Phi) is 5.69. The summed E-state index contributed by atoms with van der Waals surface area (Å²) in [5.74, 6) is 0. The third-order valence-electron chi connectivity index (χ3n) is 0.614. The first-order valence-corrected chi connectivity index (χ1v) is 4.70. The Morgan fingerprint density at radius 1 is 1.25 bits per heavy atom. The molecule has 12 heavy (non-hydrogen) atoms. The molecule has 0 saturated carbocycles. The van der Waals surface area contributed by atoms with Crippen molar-refractivity contribution in [2.24, 2.45) is 0 Å². The standard InChI is InChI=1S/C6H14O4S.H3N/c1-5-9-11(7,8)10-6(2,3)4;/h5H2,1-4H3;1H3. The van der Waals surface area contributed by atoms with E-state index in [0.717, 1.165) is 0 Å². The quantitative estimate of drug-likeness (QED) is 0.738. The third kappa shape index (κ3) is 7.93. The van der Waals surface area contributed by atoms with Crippen molar-refractivity contribution < 1.29 is 16.8 Å². The lowest BCUT2D eigenvalue weighted by atomic mass is 10.2. The van der Waals surface area contributed by atoms with Gasteiger partial charge < -0.3 is 6.15 Å². The highest BCUT2D eigenvalue weighted by Gasteiger charge is 2.21. The number of hydrogen-bond donors (Lipinski definition) is 1. The van der Waals surface area contributed by atoms with Gasteiger partial charge in [0.25, 0.3) is 0 Å². The molecular weight excluding hydrogens is 182 g/mol. The summed E-state index contributed by atoms with van der Waals surface area (Å²) in [6, 6.07) is 0. The van der Waals surface area contributed by atoms with Crippen LogP contribution in [-0.2, 0) is 18.8 Å². The second-order valence-electron chi connectivity index (χ2n) is 3.01. The molecule has 0 aliphatic rings. The first kappa shape index (κ1) is 14.4. The van der Waals surface area contributed by atoms with E-state index in [4.69, 9.17) is 0 Å². The summed E-state index contributed by atoms with van der Waals surface area (Å²) in [6.07, 6.45) is 0. The summed E-state index contributed by atoms with van der Waals surface area (Å²) in [7, 11) is -3.79. The molecule has 0 saturated heterocycles. The highest BCUT2D eigenvalue weighted by atomic mass is 32.3. The van der Waals surface area contributed by atoms with E-state index in [9.17, 15) is 8.42 Å². The van der Waals surface area contributed by atoms with Gasteiger partial charge in [-0.15, -0.1) is 0 Å². The van der Waals surface area contributed by atoms with Crippen LogP contribution in [0.15, 0.2) is 0 Å². The molecule has 0 fully saturated rings. The van der Waals surface area contributed by atoms with Crippen molar-refractivity contribution in [3.63, 3.8) is 0 Å². The molecule has 0 aliphatic carbocycles. The van der Waals surface area contributed by atoms with Crippen LogP contribution in [0.5, 0.6) is 0 Å². The van der Waals surface area contributed by atoms with Crippen LogP contribution in [0.2, 0.25) is 0 Å². The fourth-order valence-corrected chi connectivity index (χ4v) is 1.42. The normalized spacial score (nSPS) is 12.3. The second-order valence-corrected chi connectivity index (χ2v) is 4.23. The zero-order chi connectivity index (χ0) is 9.12. The minimum atomic E-state index is -3.79. The van der Waals surface area contributed by atoms with E-state index in [2.05, 4.69) is 8.37 Å². The van der Waals surface area contributed by atoms with E-state index >= 15 is 0 Å². The minimum absolute atomic E-state index is 0. The zero-order valence-electron chi connectivity index (χ0n) is 7.96. The monoisotopic (exact) mass is 199 g/mol. The Morgan fingerprint density at radius 3 is 1.92 bits per heavy atom. The fourth-order valence-electron chi connectivity index (χ4n) is 0.475. The zero-order valence-corrected chi connectivity index (χ0v) is 8.77. The molecule has 0 spiro atoms. The molecule has 0 bridgehead atoms. The Balaban J connectivity index is 0. The molecule has 0 amide bonds. The van der Waals surface area contributed by atoms with Gasteiger partial charge >= 0.3 is 10.4 Å². The van der Waals surface area contributed by atoms with Gasteiger partial charge in [0.15, 0.2) is 0 Å². The highest BCUT2D eigenvalue weighted by molar-refractivity contribution is 7.81. The average molecular weight is 199 g/mol. The molecule has 0 rings (SSSR count). The maximum Gasteiger partial charge on any atom is 0.400 e. The van der Waals surface area contributed by atoms with E-state index in [0.29, 0.717) is 0 Å². The fraction of sp³-hybridized carbons (Fsp3) is 1.00. The molecular formula is C6H17NO4S. The molecule has 3 N–H and O–H groups in total. The van der Waals surface area contributed by atoms with Gasteiger partial charge in [-0.2, -0.15) is 8.42 Å². The van der Waals surface area contributed by atoms with Crippen molar-refractivity contribution in [2.75, 3.05) is 6.61 Å². The van der Waals surface area contributed by atoms with Crippen molar-refractivity contribution in [1.82, 2.24) is 6.15 Å². The first-order chi connectivity index (χ1) is 4.77. The largest absolute Gasteiger partial charge is 0.400 e. The van der Waals surface area contributed by atoms with Crippen LogP contribution >= 0.6 is 0 Å². The molecule has 0 heterocycles. The summed E-state index contributed by atoms with van der Waals surface area (Å²) >= 11 is 0. The Hall–Kier alpha value is -0.170. The Morgan fingerprint density at radius 2 is 1.67 bits per heavy atom. The van der Waals surface area contributed by atoms with Gasteiger partial charge in [-0.1, -0.05) is 0 Å². The highest BCUT2D eigenvalue weighted by Crippen LogP contribution is 2.12. The Labute approximate surface area is 74.0 Å². The van der Waals surface area contributed by atoms with Gasteiger partial charge in [-0.3, -0.25) is 0 Å². The molecule has 0 aliphatic heterocycles. The van der Waals surface area contributed by atoms with E-state index in [1.54, 1.807) is 27.7 Å². The van der Waals surface area contributed by atoms with Crippen LogP contribution < -0.4 is 6.15 Å². The summed E-state index contributed by atoms with van der Waals surface area (Å²) in [4.78, 5) is 0. The van der Waals surface area contributed by atoms with Crippen LogP contribution in [0.3, 0.4) is 0 Å². The van der Waals surface area contributed by atoms with Crippen LogP contribution in [0.4, 0.5) is 0 Å². The first-order valence-electron chi connectivity index (χ1n) is 3.37. The lowest BCUT2D eigenvalue weighted by Crippen LogP contribution is -2.25. The van der Waals surface area contributed by atoms with Crippen molar-refractivity contribution in [3.8, 4) is 0 Å². The van der Waals surface area contributed by atoms with Crippen LogP contribution in [-0.4, -0.2) is 20.6 Å². The summed E-state index contributed by atoms with van der Waals surface area (Å²) in [6.45, 7) is 6.61. The smallest absolute Gasteiger partial charge is 0.344 e. The van der Waals surface area contributed by atoms with Crippen molar-refractivity contribution in [3.05, 3.63) is 0 Å². The van der Waals surface area contributed by atoms with Crippen LogP contribution in [0, 0.1) is 0 Å². The predicted octanol–water partition coefficient (Wildman–Crippen LogP) is 1.24. The van der Waals surface area contributed by atoms with Crippen molar-refractivity contribution >= 4 is 10.4 Å². The van der Waals surface area contributed by atoms with Crippen LogP contribution in [0.1, 0.15) is 27.7 Å². The topological polar surface area (TPSA) is 87.6 Å². The SMILES string of the molecule is CCOS(=O)(=O)OC(C)(C)C.N. The maximum absolute atomic E-state index is 10.8. The van der Waals surface area contributed by atoms with Crippen molar-refractivity contribution in [1.29, 1.82) is 0 Å². The van der Waals surface area contributed by atoms with Gasteiger partial charge in [-0.25, -0.2) is 8.37 Å². The van der Waals surface area contributed by atoms with Crippen molar-refractivity contribution in [2.45, 2.75) is 33.3 Å². The lowest BCUT2D eigenvalue weighted by molar-refractivity contribution is 0.105. The van der Waals surface area contributed by atoms with E-state index < -0.39 is 16.0 Å². The van der Waals surface area contributed by atoms with Gasteiger partial charge in [0.05, 0.1) is 12.2 Å². The molecule has 0 unspecified atom stereocenters. The maximum atomic E-state index is 10.8. The lowest BCUT2D eigenvalue weighted by Gasteiger charge is -2.17. The summed E-state index contributed by atoms with van der Waals surface area (Å²) in [5.41, 5.74) is -0.728. The molecule has 5 nitrogen and oxygen atoms in total. The van der Waals surface area contributed by atoms with Gasteiger partial charge in [0.2, 0.25) is 0 Å². The molecule has 76 valence electrons. The number of hydrogen-bond acceptors (Lipinski definition) is 5. The number of rotatable bonds is 3. The summed E-state index contributed by atoms with van der Waals surface area (Å²) < 4.78 is 30.6. The molecule has 6 heteroatoms. The molecule has 0 atom stereocenters. The molecule has 0 aromatic rings. The minimum Gasteiger partial charge on any atom is -0.344 e. The van der Waals surface area contributed by atoms with Gasteiger partial charge in [0.1, 0.15) is 0 Å². The molecule has 0 radical (unpaired) electrons. The van der Waals surface area contributed by atoms with Gasteiger partial charge in [-0.05, 0) is 27.7 Å². The summed E-state index contributed by atoms with van der Waals surface area (Å²) in [5, 5.41) is 0. The van der Waals surface area contributed by atoms with Crippen LogP contribution in [0.25, 0.3) is 0 Å². The Bertz CT molecular complexity index is 204. The van der Waals surface area contributed by atoms with E-state index in [1.807, 2.05) is 0 Å². The third-order valence-corrected chi connectivity index (χ3v) is 1.84. The molecule has 0 aromatic carbocycles. The van der Waals surface area contributed by atoms with E-state index in [1.165, 1.54) is 0 Å². The average Bonchev–Trinajstić information content (AvgIpc) is 1.55. The van der Waals surface area contributed by atoms with Gasteiger partial charge in [0, 0.05) is 0 Å².